The molecule has 2 N–H and O–H groups in total. The maximum absolute atomic E-state index is 5.63. The Morgan fingerprint density at radius 3 is 2.33 bits per heavy atom. The molecule has 0 unspecified atom stereocenters. The largest absolute Gasteiger partial charge is 0.278 e. The van der Waals surface area contributed by atoms with Crippen molar-refractivity contribution in [1.29, 1.82) is 0 Å². The number of hydrogen-bond acceptors (Lipinski definition) is 2. The zero-order valence-electron chi connectivity index (χ0n) is 8.42. The Bertz CT molecular complexity index is 123. The van der Waals surface area contributed by atoms with Crippen LogP contribution < -0.4 is 5.14 Å². The molecule has 0 aromatic carbocycles. The van der Waals surface area contributed by atoms with Crippen LogP contribution in [0.4, 0.5) is 0 Å². The Labute approximate surface area is 80.9 Å². The van der Waals surface area contributed by atoms with Crippen molar-refractivity contribution in [2.24, 2.45) is 17.0 Å². The number of allylic oxidation sites excluding steroid dienone is 1. The molecule has 0 aliphatic heterocycles. The van der Waals surface area contributed by atoms with Gasteiger partial charge in [-0.1, -0.05) is 38.8 Å². The van der Waals surface area contributed by atoms with Gasteiger partial charge >= 0.3 is 0 Å². The van der Waals surface area contributed by atoms with Crippen LogP contribution in [0.5, 0.6) is 0 Å². The molecule has 0 aliphatic carbocycles. The highest BCUT2D eigenvalue weighted by molar-refractivity contribution is 7.97. The van der Waals surface area contributed by atoms with Crippen LogP contribution in [0.15, 0.2) is 12.7 Å². The van der Waals surface area contributed by atoms with Gasteiger partial charge in [0.2, 0.25) is 0 Å². The van der Waals surface area contributed by atoms with Crippen molar-refractivity contribution in [3.8, 4) is 0 Å². The van der Waals surface area contributed by atoms with Crippen LogP contribution in [-0.4, -0.2) is 5.25 Å². The van der Waals surface area contributed by atoms with E-state index in [0.29, 0.717) is 11.2 Å². The second-order valence-corrected chi connectivity index (χ2v) is 4.68. The smallest absolute Gasteiger partial charge is 0.0221 e. The average molecular weight is 187 g/mol. The van der Waals surface area contributed by atoms with Gasteiger partial charge in [-0.3, -0.25) is 5.14 Å². The number of rotatable bonds is 6. The maximum atomic E-state index is 5.63. The molecule has 1 nitrogen and oxygen atoms in total. The lowest BCUT2D eigenvalue weighted by Gasteiger charge is -2.22. The Kier molecular flexibility index (Phi) is 6.58. The summed E-state index contributed by atoms with van der Waals surface area (Å²) >= 11 is 1.50. The minimum atomic E-state index is 0.586. The quantitative estimate of drug-likeness (QED) is 0.510. The number of nitrogens with two attached hydrogens (primary N) is 1. The lowest BCUT2D eigenvalue weighted by molar-refractivity contribution is 0.468. The molecule has 0 aromatic heterocycles. The van der Waals surface area contributed by atoms with Crippen molar-refractivity contribution in [3.05, 3.63) is 12.7 Å². The van der Waals surface area contributed by atoms with E-state index in [4.69, 9.17) is 5.14 Å². The molecule has 0 saturated carbocycles. The van der Waals surface area contributed by atoms with E-state index in [0.717, 1.165) is 12.3 Å². The van der Waals surface area contributed by atoms with Crippen molar-refractivity contribution in [2.75, 3.05) is 0 Å². The summed E-state index contributed by atoms with van der Waals surface area (Å²) < 4.78 is 0. The van der Waals surface area contributed by atoms with Crippen LogP contribution in [0.3, 0.4) is 0 Å². The lowest BCUT2D eigenvalue weighted by Crippen LogP contribution is -2.18. The van der Waals surface area contributed by atoms with Crippen LogP contribution in [0.2, 0.25) is 0 Å². The standard InChI is InChI=1S/C10H21NS/c1-5-6-9(4)10(12-11)7-8(2)3/h5,8-10H,1,6-7,11H2,2-4H3/t9-,10+/m0/s1. The number of hydrogen-bond donors (Lipinski definition) is 1. The summed E-state index contributed by atoms with van der Waals surface area (Å²) in [6.45, 7) is 10.5. The summed E-state index contributed by atoms with van der Waals surface area (Å²) in [6, 6.07) is 0. The molecule has 12 heavy (non-hydrogen) atoms. The van der Waals surface area contributed by atoms with Gasteiger partial charge in [0.15, 0.2) is 0 Å². The van der Waals surface area contributed by atoms with Gasteiger partial charge in [-0.2, -0.15) is 0 Å². The molecule has 0 aliphatic rings. The molecule has 0 amide bonds. The van der Waals surface area contributed by atoms with Gasteiger partial charge in [0, 0.05) is 5.25 Å². The van der Waals surface area contributed by atoms with E-state index in [1.807, 2.05) is 6.08 Å². The Morgan fingerprint density at radius 2 is 2.00 bits per heavy atom. The first-order valence-corrected chi connectivity index (χ1v) is 5.52. The van der Waals surface area contributed by atoms with E-state index in [1.165, 1.54) is 18.4 Å². The molecular formula is C10H21NS. The monoisotopic (exact) mass is 187 g/mol. The minimum absolute atomic E-state index is 0.586. The normalized spacial score (nSPS) is 16.1. The van der Waals surface area contributed by atoms with Gasteiger partial charge < -0.3 is 0 Å². The maximum Gasteiger partial charge on any atom is 0.0221 e. The zero-order chi connectivity index (χ0) is 9.56. The second-order valence-electron chi connectivity index (χ2n) is 3.81. The Balaban J connectivity index is 3.86. The van der Waals surface area contributed by atoms with E-state index in [1.54, 1.807) is 0 Å². The van der Waals surface area contributed by atoms with E-state index in [-0.39, 0.29) is 0 Å². The van der Waals surface area contributed by atoms with Crippen molar-refractivity contribution in [3.63, 3.8) is 0 Å². The fraction of sp³-hybridized carbons (Fsp3) is 0.800. The van der Waals surface area contributed by atoms with Gasteiger partial charge in [-0.25, -0.2) is 0 Å². The molecule has 0 fully saturated rings. The van der Waals surface area contributed by atoms with Crippen molar-refractivity contribution in [1.82, 2.24) is 0 Å². The molecule has 0 heterocycles. The topological polar surface area (TPSA) is 26.0 Å². The van der Waals surface area contributed by atoms with Crippen LogP contribution in [0.25, 0.3) is 0 Å². The summed E-state index contributed by atoms with van der Waals surface area (Å²) in [5.74, 6) is 1.39. The predicted molar refractivity (Wildman–Crippen MR) is 59.0 cm³/mol. The molecule has 0 bridgehead atoms. The third-order valence-corrected chi connectivity index (χ3v) is 3.06. The van der Waals surface area contributed by atoms with Gasteiger partial charge in [0.05, 0.1) is 0 Å². The average Bonchev–Trinajstić information content (AvgIpc) is 2.00. The molecule has 0 aromatic rings. The first-order valence-electron chi connectivity index (χ1n) is 4.58. The molecular weight excluding hydrogens is 166 g/mol. The third-order valence-electron chi connectivity index (χ3n) is 2.05. The highest BCUT2D eigenvalue weighted by Gasteiger charge is 2.16. The summed E-state index contributed by atoms with van der Waals surface area (Å²) in [5, 5.41) is 6.22. The summed E-state index contributed by atoms with van der Waals surface area (Å²) in [6.07, 6.45) is 4.26. The van der Waals surface area contributed by atoms with Gasteiger partial charge in [-0.15, -0.1) is 6.58 Å². The summed E-state index contributed by atoms with van der Waals surface area (Å²) in [5.41, 5.74) is 0. The van der Waals surface area contributed by atoms with Crippen molar-refractivity contribution in [2.45, 2.75) is 38.9 Å². The Morgan fingerprint density at radius 1 is 1.42 bits per heavy atom. The SMILES string of the molecule is C=CC[C@H](C)[C@@H](CC(C)C)SN. The first kappa shape index (κ1) is 12.0. The van der Waals surface area contributed by atoms with Crippen LogP contribution in [0.1, 0.15) is 33.6 Å². The minimum Gasteiger partial charge on any atom is -0.278 e. The molecule has 72 valence electrons. The van der Waals surface area contributed by atoms with E-state index < -0.39 is 0 Å². The van der Waals surface area contributed by atoms with Crippen LogP contribution in [-0.2, 0) is 0 Å². The van der Waals surface area contributed by atoms with E-state index >= 15 is 0 Å². The highest BCUT2D eigenvalue weighted by atomic mass is 32.2. The first-order chi connectivity index (χ1) is 5.61. The molecule has 0 spiro atoms. The van der Waals surface area contributed by atoms with Crippen molar-refractivity contribution < 1.29 is 0 Å². The van der Waals surface area contributed by atoms with Crippen LogP contribution in [0, 0.1) is 11.8 Å². The predicted octanol–water partition coefficient (Wildman–Crippen LogP) is 3.22. The molecule has 0 rings (SSSR count). The highest BCUT2D eigenvalue weighted by Crippen LogP contribution is 2.24. The fourth-order valence-electron chi connectivity index (χ4n) is 1.30. The molecule has 0 radical (unpaired) electrons. The zero-order valence-corrected chi connectivity index (χ0v) is 9.23. The lowest BCUT2D eigenvalue weighted by atomic mass is 9.96. The Hall–Kier alpha value is 0.0500. The van der Waals surface area contributed by atoms with Gasteiger partial charge in [-0.05, 0) is 24.7 Å². The molecule has 0 saturated heterocycles. The third kappa shape index (κ3) is 4.83. The van der Waals surface area contributed by atoms with E-state index in [2.05, 4.69) is 27.4 Å². The molecule has 2 atom stereocenters. The van der Waals surface area contributed by atoms with Crippen molar-refractivity contribution >= 4 is 11.9 Å². The van der Waals surface area contributed by atoms with E-state index in [9.17, 15) is 0 Å². The second kappa shape index (κ2) is 6.55. The summed E-state index contributed by atoms with van der Waals surface area (Å²) in [4.78, 5) is 0. The van der Waals surface area contributed by atoms with Gasteiger partial charge in [0.1, 0.15) is 0 Å². The van der Waals surface area contributed by atoms with Crippen LogP contribution >= 0.6 is 11.9 Å². The van der Waals surface area contributed by atoms with Gasteiger partial charge in [0.25, 0.3) is 0 Å². The summed E-state index contributed by atoms with van der Waals surface area (Å²) in [7, 11) is 0. The molecule has 2 heteroatoms. The fourth-order valence-corrected chi connectivity index (χ4v) is 2.18.